The van der Waals surface area contributed by atoms with E-state index in [4.69, 9.17) is 11.5 Å². The van der Waals surface area contributed by atoms with Gasteiger partial charge >= 0.3 is 5.69 Å². The van der Waals surface area contributed by atoms with E-state index in [9.17, 15) is 4.79 Å². The van der Waals surface area contributed by atoms with Crippen LogP contribution in [0.2, 0.25) is 0 Å². The lowest BCUT2D eigenvalue weighted by Gasteiger charge is -2.03. The summed E-state index contributed by atoms with van der Waals surface area (Å²) in [6, 6.07) is 1.32. The zero-order valence-electron chi connectivity index (χ0n) is 6.16. The summed E-state index contributed by atoms with van der Waals surface area (Å²) in [5, 5.41) is 0. The molecular weight excluding hydrogens is 144 g/mol. The van der Waals surface area contributed by atoms with E-state index in [1.54, 1.807) is 13.0 Å². The Labute approximate surface area is 63.4 Å². The molecule has 5 heteroatoms. The van der Waals surface area contributed by atoms with Crippen LogP contribution >= 0.6 is 0 Å². The summed E-state index contributed by atoms with van der Waals surface area (Å²) in [5.41, 5.74) is 10.9. The largest absolute Gasteiger partial charge is 0.383 e. The second kappa shape index (κ2) is 2.71. The summed E-state index contributed by atoms with van der Waals surface area (Å²) in [5.74, 6) is 0.195. The van der Waals surface area contributed by atoms with Crippen molar-refractivity contribution in [2.75, 3.05) is 5.73 Å². The van der Waals surface area contributed by atoms with Gasteiger partial charge in [0.1, 0.15) is 5.82 Å². The Morgan fingerprint density at radius 1 is 1.73 bits per heavy atom. The van der Waals surface area contributed by atoms with Gasteiger partial charge in [-0.1, -0.05) is 0 Å². The summed E-state index contributed by atoms with van der Waals surface area (Å²) < 4.78 is 0. The van der Waals surface area contributed by atoms with Crippen LogP contribution in [0.3, 0.4) is 0 Å². The predicted octanol–water partition coefficient (Wildman–Crippen LogP) is -0.628. The first-order valence-electron chi connectivity index (χ1n) is 3.22. The first kappa shape index (κ1) is 7.74. The Hall–Kier alpha value is -1.36. The number of nitrogen functional groups attached to an aromatic ring is 1. The lowest BCUT2D eigenvalue weighted by Crippen LogP contribution is -2.18. The summed E-state index contributed by atoms with van der Waals surface area (Å²) >= 11 is 0. The van der Waals surface area contributed by atoms with Crippen LogP contribution < -0.4 is 17.2 Å². The van der Waals surface area contributed by atoms with E-state index in [-0.39, 0.29) is 11.9 Å². The standard InChI is InChI=1S/C6H10N4O/c1-3(7)4-2-5(8)10-6(11)9-4/h2-3H,7H2,1H3,(H3,8,9,10,11)/t3-/m0/s1. The van der Waals surface area contributed by atoms with Gasteiger partial charge in [-0.25, -0.2) is 4.79 Å². The van der Waals surface area contributed by atoms with Gasteiger partial charge in [0, 0.05) is 17.8 Å². The van der Waals surface area contributed by atoms with Crippen LogP contribution in [0.15, 0.2) is 10.9 Å². The number of hydrogen-bond acceptors (Lipinski definition) is 4. The molecule has 11 heavy (non-hydrogen) atoms. The molecule has 0 spiro atoms. The van der Waals surface area contributed by atoms with Crippen molar-refractivity contribution in [1.82, 2.24) is 9.97 Å². The van der Waals surface area contributed by atoms with Gasteiger partial charge in [-0.3, -0.25) is 0 Å². The number of anilines is 1. The van der Waals surface area contributed by atoms with Gasteiger partial charge in [0.15, 0.2) is 0 Å². The van der Waals surface area contributed by atoms with Crippen molar-refractivity contribution < 1.29 is 0 Å². The van der Waals surface area contributed by atoms with Crippen molar-refractivity contribution in [1.29, 1.82) is 0 Å². The highest BCUT2D eigenvalue weighted by molar-refractivity contribution is 5.28. The summed E-state index contributed by atoms with van der Waals surface area (Å²) in [7, 11) is 0. The molecule has 0 aliphatic rings. The van der Waals surface area contributed by atoms with E-state index in [2.05, 4.69) is 9.97 Å². The van der Waals surface area contributed by atoms with Crippen molar-refractivity contribution >= 4 is 5.82 Å². The minimum absolute atomic E-state index is 0.195. The van der Waals surface area contributed by atoms with Crippen LogP contribution in [-0.2, 0) is 0 Å². The SMILES string of the molecule is C[C@H](N)c1cc(N)nc(=O)[nH]1. The van der Waals surface area contributed by atoms with Crippen LogP contribution in [0.25, 0.3) is 0 Å². The first-order chi connectivity index (χ1) is 5.09. The third kappa shape index (κ3) is 1.78. The van der Waals surface area contributed by atoms with Crippen molar-refractivity contribution in [3.05, 3.63) is 22.2 Å². The van der Waals surface area contributed by atoms with Crippen LogP contribution in [0.1, 0.15) is 18.7 Å². The zero-order valence-corrected chi connectivity index (χ0v) is 6.16. The maximum absolute atomic E-state index is 10.7. The molecule has 0 saturated heterocycles. The number of nitrogens with zero attached hydrogens (tertiary/aromatic N) is 1. The van der Waals surface area contributed by atoms with E-state index in [1.807, 2.05) is 0 Å². The maximum Gasteiger partial charge on any atom is 0.347 e. The second-order valence-corrected chi connectivity index (χ2v) is 2.36. The third-order valence-corrected chi connectivity index (χ3v) is 1.28. The molecular formula is C6H10N4O. The van der Waals surface area contributed by atoms with Crippen LogP contribution in [0.5, 0.6) is 0 Å². The summed E-state index contributed by atoms with van der Waals surface area (Å²) in [6.45, 7) is 1.75. The van der Waals surface area contributed by atoms with E-state index in [1.165, 1.54) is 0 Å². The highest BCUT2D eigenvalue weighted by Gasteiger charge is 2.01. The fraction of sp³-hybridized carbons (Fsp3) is 0.333. The van der Waals surface area contributed by atoms with Crippen LogP contribution in [-0.4, -0.2) is 9.97 Å². The molecule has 0 aliphatic carbocycles. The Morgan fingerprint density at radius 3 is 2.82 bits per heavy atom. The summed E-state index contributed by atoms with van der Waals surface area (Å²) in [4.78, 5) is 16.6. The van der Waals surface area contributed by atoms with Gasteiger partial charge in [-0.2, -0.15) is 4.98 Å². The molecule has 0 fully saturated rings. The molecule has 0 radical (unpaired) electrons. The zero-order chi connectivity index (χ0) is 8.43. The fourth-order valence-electron chi connectivity index (χ4n) is 0.742. The molecule has 60 valence electrons. The number of aromatic nitrogens is 2. The van der Waals surface area contributed by atoms with Gasteiger partial charge < -0.3 is 16.5 Å². The normalized spacial score (nSPS) is 12.9. The number of nitrogens with one attached hydrogen (secondary N) is 1. The van der Waals surface area contributed by atoms with E-state index in [0.717, 1.165) is 0 Å². The highest BCUT2D eigenvalue weighted by atomic mass is 16.1. The molecule has 0 amide bonds. The monoisotopic (exact) mass is 154 g/mol. The average Bonchev–Trinajstić information content (AvgIpc) is 1.85. The molecule has 1 aromatic rings. The molecule has 1 aromatic heterocycles. The van der Waals surface area contributed by atoms with E-state index in [0.29, 0.717) is 5.69 Å². The van der Waals surface area contributed by atoms with Gasteiger partial charge in [-0.15, -0.1) is 0 Å². The lowest BCUT2D eigenvalue weighted by molar-refractivity contribution is 0.767. The number of H-pyrrole nitrogens is 1. The minimum atomic E-state index is -0.461. The third-order valence-electron chi connectivity index (χ3n) is 1.28. The molecule has 1 heterocycles. The number of hydrogen-bond donors (Lipinski definition) is 3. The number of aromatic amines is 1. The molecule has 1 atom stereocenters. The van der Waals surface area contributed by atoms with E-state index >= 15 is 0 Å². The molecule has 1 rings (SSSR count). The van der Waals surface area contributed by atoms with Gasteiger partial charge in [0.25, 0.3) is 0 Å². The van der Waals surface area contributed by atoms with Gasteiger partial charge in [-0.05, 0) is 6.92 Å². The quantitative estimate of drug-likeness (QED) is 0.501. The first-order valence-corrected chi connectivity index (χ1v) is 3.22. The van der Waals surface area contributed by atoms with Crippen molar-refractivity contribution in [2.45, 2.75) is 13.0 Å². The van der Waals surface area contributed by atoms with Gasteiger partial charge in [0.2, 0.25) is 0 Å². The Balaban J connectivity index is 3.19. The van der Waals surface area contributed by atoms with E-state index < -0.39 is 5.69 Å². The smallest absolute Gasteiger partial charge is 0.347 e. The number of rotatable bonds is 1. The Morgan fingerprint density at radius 2 is 2.36 bits per heavy atom. The molecule has 0 saturated carbocycles. The molecule has 0 aromatic carbocycles. The lowest BCUT2D eigenvalue weighted by atomic mass is 10.2. The predicted molar refractivity (Wildman–Crippen MR) is 41.9 cm³/mol. The Kier molecular flexibility index (Phi) is 1.91. The molecule has 0 aliphatic heterocycles. The Bertz CT molecular complexity index is 304. The maximum atomic E-state index is 10.7. The number of nitrogens with two attached hydrogens (primary N) is 2. The van der Waals surface area contributed by atoms with Crippen molar-refractivity contribution in [2.24, 2.45) is 5.73 Å². The molecule has 0 unspecified atom stereocenters. The minimum Gasteiger partial charge on any atom is -0.383 e. The highest BCUT2D eigenvalue weighted by Crippen LogP contribution is 2.04. The fourth-order valence-corrected chi connectivity index (χ4v) is 0.742. The van der Waals surface area contributed by atoms with Crippen LogP contribution in [0.4, 0.5) is 5.82 Å². The second-order valence-electron chi connectivity index (χ2n) is 2.36. The van der Waals surface area contributed by atoms with Crippen LogP contribution in [0, 0.1) is 0 Å². The molecule has 0 bridgehead atoms. The van der Waals surface area contributed by atoms with Crippen molar-refractivity contribution in [3.8, 4) is 0 Å². The average molecular weight is 154 g/mol. The molecule has 5 nitrogen and oxygen atoms in total. The molecule has 5 N–H and O–H groups in total. The topological polar surface area (TPSA) is 97.8 Å². The van der Waals surface area contributed by atoms with Crippen molar-refractivity contribution in [3.63, 3.8) is 0 Å². The summed E-state index contributed by atoms with van der Waals surface area (Å²) in [6.07, 6.45) is 0. The van der Waals surface area contributed by atoms with Gasteiger partial charge in [0.05, 0.1) is 0 Å².